The summed E-state index contributed by atoms with van der Waals surface area (Å²) in [5.41, 5.74) is 5.20. The summed E-state index contributed by atoms with van der Waals surface area (Å²) in [6.45, 7) is 11.7. The zero-order chi connectivity index (χ0) is 25.3. The van der Waals surface area contributed by atoms with Gasteiger partial charge in [0.15, 0.2) is 0 Å². The highest BCUT2D eigenvalue weighted by Crippen LogP contribution is 2.35. The third kappa shape index (κ3) is 5.78. The average Bonchev–Trinajstić information content (AvgIpc) is 3.57. The van der Waals surface area contributed by atoms with E-state index in [9.17, 15) is 0 Å². The minimum atomic E-state index is -1.18. The maximum absolute atomic E-state index is 6.65. The number of nitrogens with zero attached hydrogens (tertiary/aromatic N) is 5. The SMILES string of the molecule is C[Si](C)(C)CCOCn1c(-c2ccc(CN3CCCC3)cc2)cc2c(-n3cc(Br)cn3)c(Cl)cnc21. The summed E-state index contributed by atoms with van der Waals surface area (Å²) in [5.74, 6) is 0. The molecule has 9 heteroatoms. The first-order valence-electron chi connectivity index (χ1n) is 12.6. The van der Waals surface area contributed by atoms with Crippen molar-refractivity contribution in [2.24, 2.45) is 0 Å². The van der Waals surface area contributed by atoms with E-state index in [1.54, 1.807) is 17.1 Å². The molecule has 6 nitrogen and oxygen atoms in total. The monoisotopic (exact) mass is 585 g/mol. The standard InChI is InChI=1S/C27H33BrClN5OSi/c1-36(2,3)13-12-35-19-33-25(21-8-6-20(7-9-21)17-32-10-4-5-11-32)14-23-26(24(29)16-30-27(23)33)34-18-22(28)15-31-34/h6-9,14-16,18H,4-5,10-13,17,19H2,1-3H3. The van der Waals surface area contributed by atoms with Gasteiger partial charge in [0.05, 0.1) is 33.3 Å². The van der Waals surface area contributed by atoms with Crippen LogP contribution in [0.1, 0.15) is 18.4 Å². The minimum absolute atomic E-state index is 0.440. The van der Waals surface area contributed by atoms with Crippen molar-refractivity contribution in [1.82, 2.24) is 24.2 Å². The van der Waals surface area contributed by atoms with Crippen LogP contribution in [0.2, 0.25) is 30.7 Å². The van der Waals surface area contributed by atoms with Crippen molar-refractivity contribution in [3.63, 3.8) is 0 Å². The van der Waals surface area contributed by atoms with E-state index >= 15 is 0 Å². The first-order valence-corrected chi connectivity index (χ1v) is 17.4. The minimum Gasteiger partial charge on any atom is -0.361 e. The summed E-state index contributed by atoms with van der Waals surface area (Å²) in [5, 5.41) is 5.99. The Hall–Kier alpha value is -1.97. The fraction of sp³-hybridized carbons (Fsp3) is 0.407. The Morgan fingerprint density at radius 3 is 2.50 bits per heavy atom. The van der Waals surface area contributed by atoms with Crippen molar-refractivity contribution in [2.45, 2.75) is 51.8 Å². The van der Waals surface area contributed by atoms with Crippen LogP contribution in [-0.4, -0.2) is 52.0 Å². The van der Waals surface area contributed by atoms with Crippen molar-refractivity contribution in [3.8, 4) is 16.9 Å². The van der Waals surface area contributed by atoms with Crippen LogP contribution in [-0.2, 0) is 18.0 Å². The van der Waals surface area contributed by atoms with E-state index in [0.717, 1.165) is 51.6 Å². The zero-order valence-corrected chi connectivity index (χ0v) is 24.5. The van der Waals surface area contributed by atoms with Crippen molar-refractivity contribution in [2.75, 3.05) is 19.7 Å². The summed E-state index contributed by atoms with van der Waals surface area (Å²) in [4.78, 5) is 7.26. The summed E-state index contributed by atoms with van der Waals surface area (Å²) in [6, 6.07) is 12.2. The van der Waals surface area contributed by atoms with E-state index in [0.29, 0.717) is 11.8 Å². The molecule has 3 aromatic heterocycles. The fourth-order valence-electron chi connectivity index (χ4n) is 4.70. The van der Waals surface area contributed by atoms with Gasteiger partial charge in [-0.3, -0.25) is 4.90 Å². The van der Waals surface area contributed by atoms with Crippen molar-refractivity contribution in [3.05, 3.63) is 64.0 Å². The predicted octanol–water partition coefficient (Wildman–Crippen LogP) is 7.21. The van der Waals surface area contributed by atoms with Crippen molar-refractivity contribution < 1.29 is 4.74 Å². The third-order valence-electron chi connectivity index (χ3n) is 6.70. The van der Waals surface area contributed by atoms with E-state index in [1.807, 2.05) is 6.20 Å². The molecule has 0 saturated carbocycles. The number of halogens is 2. The van der Waals surface area contributed by atoms with Gasteiger partial charge in [-0.25, -0.2) is 9.67 Å². The van der Waals surface area contributed by atoms with Crippen LogP contribution < -0.4 is 0 Å². The summed E-state index contributed by atoms with van der Waals surface area (Å²) < 4.78 is 11.1. The van der Waals surface area contributed by atoms with E-state index in [1.165, 1.54) is 31.5 Å². The number of rotatable bonds is 9. The molecule has 0 unspecified atom stereocenters. The second-order valence-electron chi connectivity index (χ2n) is 10.8. The van der Waals surface area contributed by atoms with Gasteiger partial charge < -0.3 is 9.30 Å². The number of hydrogen-bond donors (Lipinski definition) is 0. The number of likely N-dealkylation sites (tertiary alicyclic amines) is 1. The largest absolute Gasteiger partial charge is 0.361 e. The second-order valence-corrected chi connectivity index (χ2v) is 17.7. The van der Waals surface area contributed by atoms with Crippen molar-refractivity contribution in [1.29, 1.82) is 0 Å². The first-order chi connectivity index (χ1) is 17.3. The Bertz CT molecular complexity index is 1340. The Kier molecular flexibility index (Phi) is 7.69. The van der Waals surface area contributed by atoms with Gasteiger partial charge in [0.1, 0.15) is 12.4 Å². The molecule has 1 aromatic carbocycles. The molecule has 4 aromatic rings. The van der Waals surface area contributed by atoms with Crippen LogP contribution in [0.15, 0.2) is 53.4 Å². The van der Waals surface area contributed by atoms with Gasteiger partial charge in [0, 0.05) is 32.8 Å². The van der Waals surface area contributed by atoms with Crippen LogP contribution in [0, 0.1) is 0 Å². The molecular weight excluding hydrogens is 554 g/mol. The van der Waals surface area contributed by atoms with Gasteiger partial charge >= 0.3 is 0 Å². The van der Waals surface area contributed by atoms with Crippen LogP contribution >= 0.6 is 27.5 Å². The Morgan fingerprint density at radius 1 is 1.08 bits per heavy atom. The van der Waals surface area contributed by atoms with E-state index < -0.39 is 8.07 Å². The Morgan fingerprint density at radius 2 is 1.83 bits per heavy atom. The number of aromatic nitrogens is 4. The highest BCUT2D eigenvalue weighted by Gasteiger charge is 2.20. The number of ether oxygens (including phenoxy) is 1. The molecule has 0 amide bonds. The van der Waals surface area contributed by atoms with E-state index in [4.69, 9.17) is 21.3 Å². The van der Waals surface area contributed by atoms with Gasteiger partial charge in [-0.05, 0) is 65.1 Å². The molecule has 1 aliphatic rings. The lowest BCUT2D eigenvalue weighted by Gasteiger charge is -2.17. The van der Waals surface area contributed by atoms with Gasteiger partial charge in [-0.1, -0.05) is 55.5 Å². The topological polar surface area (TPSA) is 48.1 Å². The lowest BCUT2D eigenvalue weighted by molar-refractivity contribution is 0.0909. The Labute approximate surface area is 227 Å². The highest BCUT2D eigenvalue weighted by molar-refractivity contribution is 9.10. The Balaban J connectivity index is 1.52. The normalized spacial score (nSPS) is 14.8. The molecule has 190 valence electrons. The summed E-state index contributed by atoms with van der Waals surface area (Å²) >= 11 is 10.2. The third-order valence-corrected chi connectivity index (χ3v) is 9.09. The number of pyridine rings is 1. The molecule has 0 atom stereocenters. The lowest BCUT2D eigenvalue weighted by Crippen LogP contribution is -2.22. The molecule has 0 aliphatic carbocycles. The zero-order valence-electron chi connectivity index (χ0n) is 21.2. The molecule has 1 saturated heterocycles. The average molecular weight is 587 g/mol. The van der Waals surface area contributed by atoms with Gasteiger partial charge in [-0.2, -0.15) is 5.10 Å². The second kappa shape index (κ2) is 10.8. The molecule has 1 fully saturated rings. The van der Waals surface area contributed by atoms with Gasteiger partial charge in [0.25, 0.3) is 0 Å². The highest BCUT2D eigenvalue weighted by atomic mass is 79.9. The van der Waals surface area contributed by atoms with E-state index in [-0.39, 0.29) is 0 Å². The maximum atomic E-state index is 6.65. The molecular formula is C27H33BrClN5OSi. The smallest absolute Gasteiger partial charge is 0.144 e. The van der Waals surface area contributed by atoms with Gasteiger partial charge in [0.2, 0.25) is 0 Å². The molecule has 5 rings (SSSR count). The molecule has 4 heterocycles. The molecule has 1 aliphatic heterocycles. The molecule has 0 bridgehead atoms. The first kappa shape index (κ1) is 25.7. The lowest BCUT2D eigenvalue weighted by atomic mass is 10.1. The number of hydrogen-bond acceptors (Lipinski definition) is 4. The quantitative estimate of drug-likeness (QED) is 0.154. The van der Waals surface area contributed by atoms with Crippen LogP contribution in [0.4, 0.5) is 0 Å². The number of benzene rings is 1. The predicted molar refractivity (Wildman–Crippen MR) is 154 cm³/mol. The molecule has 0 spiro atoms. The summed E-state index contributed by atoms with van der Waals surface area (Å²) in [6.07, 6.45) is 7.99. The van der Waals surface area contributed by atoms with Crippen LogP contribution in [0.3, 0.4) is 0 Å². The van der Waals surface area contributed by atoms with Crippen LogP contribution in [0.25, 0.3) is 28.0 Å². The number of fused-ring (bicyclic) bond motifs is 1. The summed E-state index contributed by atoms with van der Waals surface area (Å²) in [7, 11) is -1.18. The maximum Gasteiger partial charge on any atom is 0.144 e. The van der Waals surface area contributed by atoms with E-state index in [2.05, 4.69) is 80.5 Å². The fourth-order valence-corrected chi connectivity index (χ4v) is 5.98. The van der Waals surface area contributed by atoms with Gasteiger partial charge in [-0.15, -0.1) is 0 Å². The molecule has 0 N–H and O–H groups in total. The molecule has 0 radical (unpaired) electrons. The van der Waals surface area contributed by atoms with Crippen LogP contribution in [0.5, 0.6) is 0 Å². The van der Waals surface area contributed by atoms with Crippen molar-refractivity contribution >= 4 is 46.6 Å². The molecule has 36 heavy (non-hydrogen) atoms.